The normalized spacial score (nSPS) is 16.9. The monoisotopic (exact) mass is 330 g/mol. The lowest BCUT2D eigenvalue weighted by Gasteiger charge is -2.34. The van der Waals surface area contributed by atoms with E-state index in [1.165, 1.54) is 0 Å². The molecule has 1 atom stereocenters. The van der Waals surface area contributed by atoms with Gasteiger partial charge in [0.25, 0.3) is 0 Å². The zero-order valence-corrected chi connectivity index (χ0v) is 14.2. The van der Waals surface area contributed by atoms with Crippen molar-refractivity contribution < 1.29 is 4.42 Å². The number of hydrogen-bond acceptors (Lipinski definition) is 5. The van der Waals surface area contributed by atoms with Gasteiger partial charge >= 0.3 is 0 Å². The first kappa shape index (κ1) is 14.3. The van der Waals surface area contributed by atoms with E-state index in [4.69, 9.17) is 4.42 Å². The molecule has 1 aliphatic rings. The number of aryl methyl sites for hydroxylation is 1. The zero-order valence-electron chi connectivity index (χ0n) is 14.2. The summed E-state index contributed by atoms with van der Waals surface area (Å²) in [6.07, 6.45) is 3.45. The van der Waals surface area contributed by atoms with Gasteiger partial charge in [0.15, 0.2) is 17.2 Å². The minimum atomic E-state index is 0.267. The average molecular weight is 330 g/mol. The number of hydrogen-bond donors (Lipinski definition) is 1. The predicted molar refractivity (Wildman–Crippen MR) is 101 cm³/mol. The Morgan fingerprint density at radius 3 is 2.84 bits per heavy atom. The third-order valence-electron chi connectivity index (χ3n) is 4.77. The summed E-state index contributed by atoms with van der Waals surface area (Å²) in [5.74, 6) is 1.66. The minimum Gasteiger partial charge on any atom is -0.454 e. The molecule has 1 aliphatic heterocycles. The van der Waals surface area contributed by atoms with E-state index < -0.39 is 0 Å². The molecule has 25 heavy (non-hydrogen) atoms. The highest BCUT2D eigenvalue weighted by Crippen LogP contribution is 2.42. The molecular formula is C20H18N4O. The van der Waals surface area contributed by atoms with Gasteiger partial charge in [0.05, 0.1) is 5.69 Å². The summed E-state index contributed by atoms with van der Waals surface area (Å²) in [7, 11) is 0. The number of nitrogens with one attached hydrogen (secondary N) is 1. The van der Waals surface area contributed by atoms with Crippen LogP contribution in [0.15, 0.2) is 53.2 Å². The maximum atomic E-state index is 6.26. The van der Waals surface area contributed by atoms with E-state index >= 15 is 0 Å². The van der Waals surface area contributed by atoms with E-state index in [9.17, 15) is 0 Å². The van der Waals surface area contributed by atoms with Gasteiger partial charge < -0.3 is 14.6 Å². The van der Waals surface area contributed by atoms with Crippen molar-refractivity contribution in [3.8, 4) is 0 Å². The maximum Gasteiger partial charge on any atom is 0.176 e. The van der Waals surface area contributed by atoms with Crippen LogP contribution < -0.4 is 10.2 Å². The highest BCUT2D eigenvalue weighted by Gasteiger charge is 2.28. The number of para-hydroxylation sites is 1. The van der Waals surface area contributed by atoms with Gasteiger partial charge in [-0.25, -0.2) is 9.97 Å². The van der Waals surface area contributed by atoms with Gasteiger partial charge in [-0.2, -0.15) is 0 Å². The second-order valence-electron chi connectivity index (χ2n) is 6.59. The third kappa shape index (κ3) is 2.09. The smallest absolute Gasteiger partial charge is 0.176 e. The van der Waals surface area contributed by atoms with E-state index in [1.54, 1.807) is 12.4 Å². The summed E-state index contributed by atoms with van der Waals surface area (Å²) in [5.41, 5.74) is 4.06. The number of fused-ring (bicyclic) bond motifs is 4. The number of nitrogens with zero attached hydrogens (tertiary/aromatic N) is 3. The summed E-state index contributed by atoms with van der Waals surface area (Å²) < 4.78 is 6.26. The van der Waals surface area contributed by atoms with Crippen LogP contribution in [0.3, 0.4) is 0 Å². The molecule has 1 N–H and O–H groups in total. The fraction of sp³-hybridized carbons (Fsp3) is 0.200. The molecule has 0 bridgehead atoms. The predicted octanol–water partition coefficient (Wildman–Crippen LogP) is 4.64. The molecule has 0 aliphatic carbocycles. The van der Waals surface area contributed by atoms with Gasteiger partial charge in [0.1, 0.15) is 5.58 Å². The van der Waals surface area contributed by atoms with Gasteiger partial charge in [0.2, 0.25) is 0 Å². The van der Waals surface area contributed by atoms with Gasteiger partial charge in [-0.15, -0.1) is 0 Å². The molecule has 5 rings (SSSR count). The molecule has 2 aromatic heterocycles. The quantitative estimate of drug-likeness (QED) is 0.551. The molecule has 0 spiro atoms. The van der Waals surface area contributed by atoms with E-state index in [0.717, 1.165) is 51.4 Å². The van der Waals surface area contributed by atoms with E-state index in [-0.39, 0.29) is 6.04 Å². The molecule has 2 aromatic carbocycles. The van der Waals surface area contributed by atoms with Crippen LogP contribution in [0.4, 0.5) is 17.3 Å². The largest absolute Gasteiger partial charge is 0.454 e. The van der Waals surface area contributed by atoms with Crippen molar-refractivity contribution in [2.45, 2.75) is 19.9 Å². The molecule has 0 saturated heterocycles. The molecule has 0 fully saturated rings. The van der Waals surface area contributed by atoms with Crippen LogP contribution in [-0.2, 0) is 0 Å². The standard InChI is InChI=1S/C20H18N4O/c1-12-7-8-15-14-5-3-4-6-16(14)25-18(15)17(12)24-11-13(2)23-19-20(24)22-10-9-21-19/h3-10,13H,11H2,1-2H3,(H,21,23)/t13-/m1/s1. The molecule has 4 aromatic rings. The Balaban J connectivity index is 1.82. The summed E-state index contributed by atoms with van der Waals surface area (Å²) >= 11 is 0. The number of aromatic nitrogens is 2. The summed E-state index contributed by atoms with van der Waals surface area (Å²) in [6, 6.07) is 12.7. The fourth-order valence-corrected chi connectivity index (χ4v) is 3.68. The van der Waals surface area contributed by atoms with Crippen molar-refractivity contribution in [3.05, 3.63) is 54.4 Å². The van der Waals surface area contributed by atoms with Crippen molar-refractivity contribution in [2.75, 3.05) is 16.8 Å². The van der Waals surface area contributed by atoms with Crippen LogP contribution in [0.5, 0.6) is 0 Å². The topological polar surface area (TPSA) is 54.2 Å². The molecule has 0 radical (unpaired) electrons. The second kappa shape index (κ2) is 5.21. The SMILES string of the molecule is Cc1ccc2c(oc3ccccc32)c1N1C[C@@H](C)Nc2nccnc21. The van der Waals surface area contributed by atoms with Crippen LogP contribution in [0, 0.1) is 6.92 Å². The van der Waals surface area contributed by atoms with E-state index in [2.05, 4.69) is 52.2 Å². The Kier molecular flexibility index (Phi) is 2.98. The van der Waals surface area contributed by atoms with Gasteiger partial charge in [-0.1, -0.05) is 30.3 Å². The van der Waals surface area contributed by atoms with Crippen molar-refractivity contribution in [2.24, 2.45) is 0 Å². The number of benzene rings is 2. The van der Waals surface area contributed by atoms with Crippen molar-refractivity contribution in [1.82, 2.24) is 9.97 Å². The molecule has 124 valence electrons. The van der Waals surface area contributed by atoms with Crippen LogP contribution in [0.25, 0.3) is 21.9 Å². The summed E-state index contributed by atoms with van der Waals surface area (Å²) in [6.45, 7) is 5.08. The highest BCUT2D eigenvalue weighted by atomic mass is 16.3. The maximum absolute atomic E-state index is 6.26. The van der Waals surface area contributed by atoms with Gasteiger partial charge in [-0.05, 0) is 25.5 Å². The number of rotatable bonds is 1. The van der Waals surface area contributed by atoms with E-state index in [1.807, 2.05) is 18.2 Å². The Hall–Kier alpha value is -3.08. The van der Waals surface area contributed by atoms with Crippen LogP contribution >= 0.6 is 0 Å². The lowest BCUT2D eigenvalue weighted by atomic mass is 10.1. The first-order valence-corrected chi connectivity index (χ1v) is 8.48. The van der Waals surface area contributed by atoms with Crippen molar-refractivity contribution in [1.29, 1.82) is 0 Å². The Bertz CT molecular complexity index is 1100. The fourth-order valence-electron chi connectivity index (χ4n) is 3.68. The third-order valence-corrected chi connectivity index (χ3v) is 4.77. The molecule has 0 unspecified atom stereocenters. The lowest BCUT2D eigenvalue weighted by Crippen LogP contribution is -2.38. The van der Waals surface area contributed by atoms with E-state index in [0.29, 0.717) is 0 Å². The number of anilines is 3. The molecule has 0 amide bonds. The van der Waals surface area contributed by atoms with Crippen LogP contribution in [0.1, 0.15) is 12.5 Å². The number of furan rings is 1. The van der Waals surface area contributed by atoms with Gasteiger partial charge in [-0.3, -0.25) is 0 Å². The molecule has 0 saturated carbocycles. The Morgan fingerprint density at radius 1 is 1.08 bits per heavy atom. The van der Waals surface area contributed by atoms with Gasteiger partial charge in [0, 0.05) is 35.8 Å². The summed E-state index contributed by atoms with van der Waals surface area (Å²) in [4.78, 5) is 11.3. The first-order valence-electron chi connectivity index (χ1n) is 8.48. The zero-order chi connectivity index (χ0) is 17.0. The Morgan fingerprint density at radius 2 is 1.92 bits per heavy atom. The highest BCUT2D eigenvalue weighted by molar-refractivity contribution is 6.10. The average Bonchev–Trinajstić information content (AvgIpc) is 2.99. The minimum absolute atomic E-state index is 0.267. The van der Waals surface area contributed by atoms with Crippen molar-refractivity contribution in [3.63, 3.8) is 0 Å². The van der Waals surface area contributed by atoms with Crippen molar-refractivity contribution >= 4 is 39.3 Å². The molecule has 5 nitrogen and oxygen atoms in total. The first-order chi connectivity index (χ1) is 12.2. The van der Waals surface area contributed by atoms with Crippen LogP contribution in [0.2, 0.25) is 0 Å². The molecule has 5 heteroatoms. The summed E-state index contributed by atoms with van der Waals surface area (Å²) in [5, 5.41) is 5.68. The molecular weight excluding hydrogens is 312 g/mol. The lowest BCUT2D eigenvalue weighted by molar-refractivity contribution is 0.663. The van der Waals surface area contributed by atoms with Crippen LogP contribution in [-0.4, -0.2) is 22.6 Å². The Labute approximate surface area is 145 Å². The second-order valence-corrected chi connectivity index (χ2v) is 6.59. The molecule has 3 heterocycles.